The molecule has 3 aromatic rings. The van der Waals surface area contributed by atoms with E-state index >= 15 is 0 Å². The van der Waals surface area contributed by atoms with E-state index in [-0.39, 0.29) is 66.0 Å². The number of hydrogen-bond donors (Lipinski definition) is 4. The molecule has 0 saturated heterocycles. The molecule has 0 aliphatic heterocycles. The fourth-order valence-electron chi connectivity index (χ4n) is 2.20. The summed E-state index contributed by atoms with van der Waals surface area (Å²) in [5.41, 5.74) is 11.5. The van der Waals surface area contributed by atoms with Crippen molar-refractivity contribution in [1.82, 2.24) is 0 Å². The van der Waals surface area contributed by atoms with Crippen LogP contribution in [0.2, 0.25) is 20.1 Å². The largest absolute Gasteiger partial charge is 0.506 e. The molecule has 3 rings (SSSR count). The SMILES string of the molecule is Nc1cc(Oc2c(Cl)c(Cl)c(Cl)c(Oc3ccc(O)c(N)c3)c2Cl)ccc1O. The maximum absolute atomic E-state index is 9.53. The molecular formula is C18H12Cl4N2O4. The Kier molecular flexibility index (Phi) is 5.76. The predicted octanol–water partition coefficient (Wildman–Crippen LogP) is 6.46. The van der Waals surface area contributed by atoms with Crippen molar-refractivity contribution in [3.8, 4) is 34.5 Å². The van der Waals surface area contributed by atoms with Crippen LogP contribution in [0, 0.1) is 0 Å². The third-order valence-corrected chi connectivity index (χ3v) is 5.26. The van der Waals surface area contributed by atoms with Crippen molar-refractivity contribution >= 4 is 57.8 Å². The van der Waals surface area contributed by atoms with Crippen LogP contribution in [-0.2, 0) is 0 Å². The van der Waals surface area contributed by atoms with E-state index in [2.05, 4.69) is 0 Å². The summed E-state index contributed by atoms with van der Waals surface area (Å²) in [6.07, 6.45) is 0. The number of rotatable bonds is 4. The number of nitrogen functional groups attached to an aromatic ring is 2. The van der Waals surface area contributed by atoms with E-state index < -0.39 is 0 Å². The summed E-state index contributed by atoms with van der Waals surface area (Å²) >= 11 is 25.0. The summed E-state index contributed by atoms with van der Waals surface area (Å²) in [6.45, 7) is 0. The molecule has 3 aromatic carbocycles. The lowest BCUT2D eigenvalue weighted by molar-refractivity contribution is 0.454. The van der Waals surface area contributed by atoms with E-state index in [1.807, 2.05) is 0 Å². The molecule has 0 unspecified atom stereocenters. The Morgan fingerprint density at radius 3 is 1.36 bits per heavy atom. The molecule has 6 nitrogen and oxygen atoms in total. The second kappa shape index (κ2) is 7.93. The second-order valence-electron chi connectivity index (χ2n) is 5.56. The van der Waals surface area contributed by atoms with Gasteiger partial charge < -0.3 is 31.2 Å². The molecule has 0 saturated carbocycles. The number of halogens is 4. The van der Waals surface area contributed by atoms with Gasteiger partial charge in [-0.05, 0) is 24.3 Å². The van der Waals surface area contributed by atoms with Crippen molar-refractivity contribution in [2.75, 3.05) is 11.5 Å². The van der Waals surface area contributed by atoms with Gasteiger partial charge in [-0.25, -0.2) is 0 Å². The lowest BCUT2D eigenvalue weighted by Crippen LogP contribution is -1.95. The zero-order chi connectivity index (χ0) is 20.6. The van der Waals surface area contributed by atoms with Gasteiger partial charge in [0.05, 0.1) is 16.4 Å². The topological polar surface area (TPSA) is 111 Å². The van der Waals surface area contributed by atoms with Crippen LogP contribution in [-0.4, -0.2) is 10.2 Å². The van der Waals surface area contributed by atoms with E-state index in [1.54, 1.807) is 0 Å². The zero-order valence-corrected chi connectivity index (χ0v) is 16.9. The highest BCUT2D eigenvalue weighted by atomic mass is 35.5. The molecule has 0 aliphatic rings. The Bertz CT molecular complexity index is 995. The zero-order valence-electron chi connectivity index (χ0n) is 13.8. The molecular weight excluding hydrogens is 450 g/mol. The number of nitrogens with two attached hydrogens (primary N) is 2. The minimum Gasteiger partial charge on any atom is -0.506 e. The average molecular weight is 462 g/mol. The van der Waals surface area contributed by atoms with Gasteiger partial charge in [0.15, 0.2) is 11.5 Å². The Balaban J connectivity index is 2.05. The normalized spacial score (nSPS) is 10.7. The van der Waals surface area contributed by atoms with E-state index in [4.69, 9.17) is 67.3 Å². The van der Waals surface area contributed by atoms with Crippen molar-refractivity contribution in [2.45, 2.75) is 0 Å². The van der Waals surface area contributed by atoms with Crippen LogP contribution in [0.1, 0.15) is 0 Å². The molecule has 146 valence electrons. The molecule has 0 amide bonds. The molecule has 0 spiro atoms. The van der Waals surface area contributed by atoms with Gasteiger partial charge in [-0.3, -0.25) is 0 Å². The summed E-state index contributed by atoms with van der Waals surface area (Å²) in [6, 6.07) is 8.38. The van der Waals surface area contributed by atoms with Crippen molar-refractivity contribution in [2.24, 2.45) is 0 Å². The summed E-state index contributed by atoms with van der Waals surface area (Å²) in [5, 5.41) is 18.9. The van der Waals surface area contributed by atoms with Crippen LogP contribution in [0.3, 0.4) is 0 Å². The highest BCUT2D eigenvalue weighted by molar-refractivity contribution is 6.51. The van der Waals surface area contributed by atoms with Gasteiger partial charge in [-0.2, -0.15) is 0 Å². The van der Waals surface area contributed by atoms with E-state index in [1.165, 1.54) is 36.4 Å². The molecule has 0 bridgehead atoms. The first-order valence-corrected chi connectivity index (χ1v) is 9.08. The van der Waals surface area contributed by atoms with Crippen molar-refractivity contribution < 1.29 is 19.7 Å². The van der Waals surface area contributed by atoms with Gasteiger partial charge in [0, 0.05) is 12.1 Å². The van der Waals surface area contributed by atoms with Crippen LogP contribution < -0.4 is 20.9 Å². The number of benzene rings is 3. The van der Waals surface area contributed by atoms with Crippen LogP contribution in [0.25, 0.3) is 0 Å². The molecule has 28 heavy (non-hydrogen) atoms. The van der Waals surface area contributed by atoms with Gasteiger partial charge in [-0.15, -0.1) is 0 Å². The molecule has 0 fully saturated rings. The second-order valence-corrected chi connectivity index (χ2v) is 7.07. The van der Waals surface area contributed by atoms with Gasteiger partial charge >= 0.3 is 0 Å². The highest BCUT2D eigenvalue weighted by Gasteiger charge is 2.24. The Hall–Kier alpha value is -2.38. The van der Waals surface area contributed by atoms with Crippen LogP contribution >= 0.6 is 46.4 Å². The first kappa shape index (κ1) is 20.4. The number of ether oxygens (including phenoxy) is 2. The van der Waals surface area contributed by atoms with Crippen LogP contribution in [0.4, 0.5) is 11.4 Å². The quantitative estimate of drug-likeness (QED) is 0.153. The number of phenols is 2. The van der Waals surface area contributed by atoms with E-state index in [9.17, 15) is 10.2 Å². The minimum atomic E-state index is -0.104. The number of phenolic OH excluding ortho intramolecular Hbond substituents is 2. The third-order valence-electron chi connectivity index (χ3n) is 3.62. The summed E-state index contributed by atoms with van der Waals surface area (Å²) in [5.74, 6) is 0.240. The summed E-state index contributed by atoms with van der Waals surface area (Å²) < 4.78 is 11.4. The van der Waals surface area contributed by atoms with Crippen LogP contribution in [0.5, 0.6) is 34.5 Å². The first-order valence-electron chi connectivity index (χ1n) is 7.57. The summed E-state index contributed by atoms with van der Waals surface area (Å²) in [7, 11) is 0. The third kappa shape index (κ3) is 3.91. The fraction of sp³-hybridized carbons (Fsp3) is 0. The molecule has 0 radical (unpaired) electrons. The van der Waals surface area contributed by atoms with Crippen molar-refractivity contribution in [1.29, 1.82) is 0 Å². The average Bonchev–Trinajstić information content (AvgIpc) is 2.66. The highest BCUT2D eigenvalue weighted by Crippen LogP contribution is 2.52. The lowest BCUT2D eigenvalue weighted by atomic mass is 10.2. The maximum Gasteiger partial charge on any atom is 0.170 e. The molecule has 0 aliphatic carbocycles. The van der Waals surface area contributed by atoms with Gasteiger partial charge in [0.25, 0.3) is 0 Å². The van der Waals surface area contributed by atoms with E-state index in [0.717, 1.165) is 0 Å². The molecule has 10 heteroatoms. The number of anilines is 2. The molecule has 0 aromatic heterocycles. The number of aromatic hydroxyl groups is 2. The Morgan fingerprint density at radius 2 is 1.00 bits per heavy atom. The Labute approximate surface area is 179 Å². The standard InChI is InChI=1S/C18H12Cl4N2O4/c19-13-14(20)17(27-7-1-3-11(25)9(23)5-7)16(22)18(15(13)21)28-8-2-4-12(26)10(24)6-8/h1-6,25-26H,23-24H2. The van der Waals surface area contributed by atoms with E-state index in [0.29, 0.717) is 0 Å². The molecule has 6 N–H and O–H groups in total. The first-order chi connectivity index (χ1) is 13.2. The predicted molar refractivity (Wildman–Crippen MR) is 112 cm³/mol. The molecule has 0 heterocycles. The summed E-state index contributed by atoms with van der Waals surface area (Å²) in [4.78, 5) is 0. The van der Waals surface area contributed by atoms with Gasteiger partial charge in [0.2, 0.25) is 0 Å². The lowest BCUT2D eigenvalue weighted by Gasteiger charge is -2.17. The minimum absolute atomic E-state index is 0.0235. The van der Waals surface area contributed by atoms with Crippen molar-refractivity contribution in [3.63, 3.8) is 0 Å². The molecule has 0 atom stereocenters. The van der Waals surface area contributed by atoms with Gasteiger partial charge in [-0.1, -0.05) is 46.4 Å². The van der Waals surface area contributed by atoms with Crippen LogP contribution in [0.15, 0.2) is 36.4 Å². The monoisotopic (exact) mass is 460 g/mol. The van der Waals surface area contributed by atoms with Gasteiger partial charge in [0.1, 0.15) is 38.1 Å². The van der Waals surface area contributed by atoms with Crippen molar-refractivity contribution in [3.05, 3.63) is 56.5 Å². The maximum atomic E-state index is 9.53. The fourth-order valence-corrected chi connectivity index (χ4v) is 3.24. The Morgan fingerprint density at radius 1 is 0.607 bits per heavy atom. The smallest absolute Gasteiger partial charge is 0.170 e. The number of hydrogen-bond acceptors (Lipinski definition) is 6.